The summed E-state index contributed by atoms with van der Waals surface area (Å²) in [5, 5.41) is 13.2. The largest absolute Gasteiger partial charge is 0.389 e. The van der Waals surface area contributed by atoms with Crippen molar-refractivity contribution in [1.82, 2.24) is 5.32 Å². The molecule has 0 aliphatic carbocycles. The Morgan fingerprint density at radius 1 is 1.26 bits per heavy atom. The number of thioether (sulfide) groups is 1. The molecule has 19 heavy (non-hydrogen) atoms. The van der Waals surface area contributed by atoms with Crippen molar-refractivity contribution >= 4 is 11.8 Å². The lowest BCUT2D eigenvalue weighted by Gasteiger charge is -2.30. The Kier molecular flexibility index (Phi) is 11.0. The molecular weight excluding hydrogens is 262 g/mol. The normalized spacial score (nSPS) is 15.5. The quantitative estimate of drug-likeness (QED) is 0.576. The molecule has 0 saturated carbocycles. The van der Waals surface area contributed by atoms with Crippen molar-refractivity contribution in [2.24, 2.45) is 0 Å². The number of aliphatic hydroxyl groups excluding tert-OH is 1. The highest BCUT2D eigenvalue weighted by molar-refractivity contribution is 8.00. The van der Waals surface area contributed by atoms with Crippen LogP contribution in [-0.4, -0.2) is 61.7 Å². The van der Waals surface area contributed by atoms with E-state index in [2.05, 4.69) is 25.4 Å². The lowest BCUT2D eigenvalue weighted by Crippen LogP contribution is -2.41. The molecule has 4 nitrogen and oxygen atoms in total. The molecule has 0 aliphatic heterocycles. The smallest absolute Gasteiger partial charge is 0.0897 e. The summed E-state index contributed by atoms with van der Waals surface area (Å²) in [4.78, 5) is 0. The molecule has 0 aromatic rings. The minimum absolute atomic E-state index is 0.0243. The Morgan fingerprint density at radius 3 is 2.37 bits per heavy atom. The Bertz CT molecular complexity index is 205. The topological polar surface area (TPSA) is 50.7 Å². The number of methoxy groups -OCH3 is 1. The van der Waals surface area contributed by atoms with E-state index in [1.807, 2.05) is 18.7 Å². The Morgan fingerprint density at radius 2 is 1.89 bits per heavy atom. The van der Waals surface area contributed by atoms with Gasteiger partial charge in [-0.1, -0.05) is 13.8 Å². The molecule has 0 aliphatic rings. The van der Waals surface area contributed by atoms with Crippen LogP contribution in [0.2, 0.25) is 0 Å². The highest BCUT2D eigenvalue weighted by Gasteiger charge is 2.24. The van der Waals surface area contributed by atoms with Crippen molar-refractivity contribution in [2.45, 2.75) is 50.6 Å². The van der Waals surface area contributed by atoms with Gasteiger partial charge in [0.1, 0.15) is 0 Å². The number of hydrogen-bond acceptors (Lipinski definition) is 5. The van der Waals surface area contributed by atoms with Crippen molar-refractivity contribution in [3.8, 4) is 0 Å². The maximum absolute atomic E-state index is 9.85. The van der Waals surface area contributed by atoms with E-state index in [0.29, 0.717) is 19.8 Å². The molecule has 0 amide bonds. The fourth-order valence-electron chi connectivity index (χ4n) is 1.94. The number of nitrogens with one attached hydrogen (secondary N) is 1. The zero-order valence-corrected chi connectivity index (χ0v) is 13.9. The Hall–Kier alpha value is 0.190. The first-order valence-corrected chi connectivity index (χ1v) is 8.30. The van der Waals surface area contributed by atoms with Crippen molar-refractivity contribution in [3.63, 3.8) is 0 Å². The second kappa shape index (κ2) is 10.9. The number of hydrogen-bond donors (Lipinski definition) is 2. The molecule has 0 spiro atoms. The molecule has 0 heterocycles. The molecule has 2 atom stereocenters. The lowest BCUT2D eigenvalue weighted by molar-refractivity contribution is -0.0311. The van der Waals surface area contributed by atoms with Crippen molar-refractivity contribution < 1.29 is 14.6 Å². The molecular formula is C14H31NO3S. The molecule has 0 aromatic heterocycles. The van der Waals surface area contributed by atoms with Gasteiger partial charge in [0.2, 0.25) is 0 Å². The predicted molar refractivity (Wildman–Crippen MR) is 83.0 cm³/mol. The number of rotatable bonds is 12. The zero-order chi connectivity index (χ0) is 14.7. The van der Waals surface area contributed by atoms with E-state index in [1.54, 1.807) is 7.11 Å². The molecule has 0 rings (SSSR count). The zero-order valence-electron chi connectivity index (χ0n) is 13.1. The summed E-state index contributed by atoms with van der Waals surface area (Å²) in [6.07, 6.45) is 3.98. The van der Waals surface area contributed by atoms with Crippen LogP contribution in [0.25, 0.3) is 0 Å². The first kappa shape index (κ1) is 19.2. The van der Waals surface area contributed by atoms with Gasteiger partial charge in [-0.15, -0.1) is 0 Å². The van der Waals surface area contributed by atoms with Crippen molar-refractivity contribution in [1.29, 1.82) is 0 Å². The lowest BCUT2D eigenvalue weighted by atomic mass is 10.0. The van der Waals surface area contributed by atoms with Crippen LogP contribution in [0.5, 0.6) is 0 Å². The third-order valence-electron chi connectivity index (χ3n) is 3.52. The van der Waals surface area contributed by atoms with Gasteiger partial charge in [0.15, 0.2) is 0 Å². The minimum atomic E-state index is -0.465. The van der Waals surface area contributed by atoms with Gasteiger partial charge in [-0.05, 0) is 26.0 Å². The molecule has 0 fully saturated rings. The van der Waals surface area contributed by atoms with Gasteiger partial charge in [-0.3, -0.25) is 0 Å². The molecule has 0 saturated heterocycles. The van der Waals surface area contributed by atoms with E-state index in [-0.39, 0.29) is 10.9 Å². The maximum atomic E-state index is 9.85. The average molecular weight is 293 g/mol. The summed E-state index contributed by atoms with van der Waals surface area (Å²) in [6, 6.07) is 0. The van der Waals surface area contributed by atoms with Gasteiger partial charge in [0.25, 0.3) is 0 Å². The first-order valence-electron chi connectivity index (χ1n) is 7.08. The van der Waals surface area contributed by atoms with Gasteiger partial charge >= 0.3 is 0 Å². The number of aliphatic hydroxyl groups is 1. The average Bonchev–Trinajstić information content (AvgIpc) is 2.42. The van der Waals surface area contributed by atoms with E-state index in [0.717, 1.165) is 19.4 Å². The Labute approximate surface area is 122 Å². The Balaban J connectivity index is 3.81. The van der Waals surface area contributed by atoms with Gasteiger partial charge in [-0.2, -0.15) is 11.8 Å². The van der Waals surface area contributed by atoms with E-state index in [1.165, 1.54) is 0 Å². The SMILES string of the molecule is CCC(CC)(CNCC(O)COC(C)COC)SC. The summed E-state index contributed by atoms with van der Waals surface area (Å²) < 4.78 is 10.7. The summed E-state index contributed by atoms with van der Waals surface area (Å²) in [5.41, 5.74) is 0. The van der Waals surface area contributed by atoms with E-state index in [4.69, 9.17) is 9.47 Å². The van der Waals surface area contributed by atoms with Crippen LogP contribution in [0.1, 0.15) is 33.6 Å². The fraction of sp³-hybridized carbons (Fsp3) is 1.00. The molecule has 0 bridgehead atoms. The molecule has 0 radical (unpaired) electrons. The van der Waals surface area contributed by atoms with Crippen molar-refractivity contribution in [3.05, 3.63) is 0 Å². The van der Waals surface area contributed by atoms with E-state index >= 15 is 0 Å². The second-order valence-corrected chi connectivity index (χ2v) is 6.25. The highest BCUT2D eigenvalue weighted by Crippen LogP contribution is 2.29. The van der Waals surface area contributed by atoms with Crippen LogP contribution in [-0.2, 0) is 9.47 Å². The maximum Gasteiger partial charge on any atom is 0.0897 e. The molecule has 2 unspecified atom stereocenters. The monoisotopic (exact) mass is 293 g/mol. The summed E-state index contributed by atoms with van der Waals surface area (Å²) >= 11 is 1.90. The standard InChI is InChI=1S/C14H31NO3S/c1-6-14(7-2,19-5)11-15-8-13(16)10-18-12(3)9-17-4/h12-13,15-16H,6-11H2,1-5H3. The first-order chi connectivity index (χ1) is 9.03. The van der Waals surface area contributed by atoms with Crippen LogP contribution in [0.4, 0.5) is 0 Å². The molecule has 2 N–H and O–H groups in total. The van der Waals surface area contributed by atoms with E-state index in [9.17, 15) is 5.11 Å². The summed E-state index contributed by atoms with van der Waals surface area (Å²) in [5.74, 6) is 0. The van der Waals surface area contributed by atoms with Crippen molar-refractivity contribution in [2.75, 3.05) is 39.7 Å². The molecule has 0 aromatic carbocycles. The predicted octanol–water partition coefficient (Wildman–Crippen LogP) is 1.91. The van der Waals surface area contributed by atoms with Crippen LogP contribution in [0.15, 0.2) is 0 Å². The fourth-order valence-corrected chi connectivity index (χ4v) is 2.77. The van der Waals surface area contributed by atoms with Crippen LogP contribution in [0, 0.1) is 0 Å². The van der Waals surface area contributed by atoms with Crippen LogP contribution < -0.4 is 5.32 Å². The van der Waals surface area contributed by atoms with Crippen LogP contribution in [0.3, 0.4) is 0 Å². The van der Waals surface area contributed by atoms with Gasteiger partial charge < -0.3 is 19.9 Å². The number of ether oxygens (including phenoxy) is 2. The third kappa shape index (κ3) is 8.15. The van der Waals surface area contributed by atoms with Gasteiger partial charge in [-0.25, -0.2) is 0 Å². The molecule has 116 valence electrons. The third-order valence-corrected chi connectivity index (χ3v) is 5.11. The second-order valence-electron chi connectivity index (χ2n) is 4.98. The van der Waals surface area contributed by atoms with Crippen LogP contribution >= 0.6 is 11.8 Å². The highest BCUT2D eigenvalue weighted by atomic mass is 32.2. The van der Waals surface area contributed by atoms with Gasteiger partial charge in [0, 0.05) is 24.9 Å². The molecule has 5 heteroatoms. The van der Waals surface area contributed by atoms with E-state index < -0.39 is 6.10 Å². The summed E-state index contributed by atoms with van der Waals surface area (Å²) in [6.45, 7) is 8.77. The van der Waals surface area contributed by atoms with Gasteiger partial charge in [0.05, 0.1) is 25.4 Å². The minimum Gasteiger partial charge on any atom is -0.389 e. The summed E-state index contributed by atoms with van der Waals surface area (Å²) in [7, 11) is 1.65.